The van der Waals surface area contributed by atoms with E-state index in [0.29, 0.717) is 5.92 Å². The van der Waals surface area contributed by atoms with Gasteiger partial charge in [-0.1, -0.05) is 13.8 Å². The molecule has 0 atom stereocenters. The Morgan fingerprint density at radius 1 is 1.50 bits per heavy atom. The second-order valence-corrected chi connectivity index (χ2v) is 5.63. The van der Waals surface area contributed by atoms with Crippen molar-refractivity contribution in [3.63, 3.8) is 0 Å². The van der Waals surface area contributed by atoms with Crippen LogP contribution in [0.5, 0.6) is 0 Å². The molecule has 4 heteroatoms. The molecule has 0 aliphatic heterocycles. The van der Waals surface area contributed by atoms with E-state index in [1.165, 1.54) is 0 Å². The Labute approximate surface area is 95.1 Å². The molecular formula is C10H10BrNOS. The van der Waals surface area contributed by atoms with E-state index in [1.807, 2.05) is 12.1 Å². The van der Waals surface area contributed by atoms with Crippen LogP contribution in [0.2, 0.25) is 0 Å². The van der Waals surface area contributed by atoms with Crippen LogP contribution in [0.25, 0.3) is 10.8 Å². The van der Waals surface area contributed by atoms with Crippen LogP contribution in [0, 0.1) is 0 Å². The Hall–Kier alpha value is -0.610. The number of nitrogens with zero attached hydrogens (tertiary/aromatic N) is 1. The summed E-state index contributed by atoms with van der Waals surface area (Å²) in [4.78, 5) is 4.53. The van der Waals surface area contributed by atoms with E-state index >= 15 is 0 Å². The zero-order valence-corrected chi connectivity index (χ0v) is 10.4. The Bertz CT molecular complexity index is 419. The average molecular weight is 272 g/mol. The molecule has 2 heterocycles. The fourth-order valence-corrected chi connectivity index (χ4v) is 3.10. The third-order valence-corrected chi connectivity index (χ3v) is 3.65. The van der Waals surface area contributed by atoms with Crippen LogP contribution in [-0.4, -0.2) is 4.98 Å². The maximum absolute atomic E-state index is 5.29. The van der Waals surface area contributed by atoms with Crippen molar-refractivity contribution < 1.29 is 4.42 Å². The molecular weight excluding hydrogens is 262 g/mol. The molecule has 0 aromatic carbocycles. The van der Waals surface area contributed by atoms with Crippen molar-refractivity contribution in [2.75, 3.05) is 0 Å². The van der Waals surface area contributed by atoms with Gasteiger partial charge in [0.2, 0.25) is 0 Å². The Kier molecular flexibility index (Phi) is 2.74. The van der Waals surface area contributed by atoms with Gasteiger partial charge in [0.05, 0.1) is 15.7 Å². The largest absolute Gasteiger partial charge is 0.462 e. The first-order valence-electron chi connectivity index (χ1n) is 4.38. The van der Waals surface area contributed by atoms with Crippen molar-refractivity contribution >= 4 is 27.3 Å². The number of thiazole rings is 1. The van der Waals surface area contributed by atoms with Gasteiger partial charge in [0.25, 0.3) is 0 Å². The number of hydrogen-bond donors (Lipinski definition) is 0. The van der Waals surface area contributed by atoms with E-state index in [4.69, 9.17) is 4.42 Å². The van der Waals surface area contributed by atoms with E-state index in [1.54, 1.807) is 17.6 Å². The summed E-state index contributed by atoms with van der Waals surface area (Å²) in [6.07, 6.45) is 1.67. The van der Waals surface area contributed by atoms with Gasteiger partial charge in [0, 0.05) is 0 Å². The molecule has 2 aromatic rings. The van der Waals surface area contributed by atoms with Crippen molar-refractivity contribution in [3.8, 4) is 10.8 Å². The van der Waals surface area contributed by atoms with Gasteiger partial charge in [-0.25, -0.2) is 4.98 Å². The lowest BCUT2D eigenvalue weighted by molar-refractivity contribution is 0.581. The molecule has 2 nitrogen and oxygen atoms in total. The molecule has 0 unspecified atom stereocenters. The van der Waals surface area contributed by atoms with Gasteiger partial charge in [-0.3, -0.25) is 0 Å². The Morgan fingerprint density at radius 3 is 2.79 bits per heavy atom. The summed E-state index contributed by atoms with van der Waals surface area (Å²) >= 11 is 5.13. The average Bonchev–Trinajstić information content (AvgIpc) is 2.70. The topological polar surface area (TPSA) is 26.0 Å². The van der Waals surface area contributed by atoms with Gasteiger partial charge in [0.15, 0.2) is 10.8 Å². The molecule has 0 aliphatic rings. The SMILES string of the molecule is CC(C)c1nc(-c2ccco2)sc1Br. The lowest BCUT2D eigenvalue weighted by Crippen LogP contribution is -1.87. The van der Waals surface area contributed by atoms with Gasteiger partial charge < -0.3 is 4.42 Å². The smallest absolute Gasteiger partial charge is 0.162 e. The van der Waals surface area contributed by atoms with Gasteiger partial charge in [-0.05, 0) is 34.0 Å². The maximum atomic E-state index is 5.29. The number of furan rings is 1. The minimum atomic E-state index is 0.435. The van der Waals surface area contributed by atoms with Crippen molar-refractivity contribution in [3.05, 3.63) is 27.9 Å². The second kappa shape index (κ2) is 3.87. The standard InChI is InChI=1S/C10H10BrNOS/c1-6(2)8-9(11)14-10(12-8)7-4-3-5-13-7/h3-6H,1-2H3. The lowest BCUT2D eigenvalue weighted by Gasteiger charge is -1.98. The highest BCUT2D eigenvalue weighted by atomic mass is 79.9. The number of aromatic nitrogens is 1. The normalized spacial score (nSPS) is 11.1. The van der Waals surface area contributed by atoms with E-state index in [9.17, 15) is 0 Å². The van der Waals surface area contributed by atoms with Crippen molar-refractivity contribution in [2.24, 2.45) is 0 Å². The molecule has 0 saturated carbocycles. The summed E-state index contributed by atoms with van der Waals surface area (Å²) in [6, 6.07) is 3.80. The third kappa shape index (κ3) is 1.77. The third-order valence-electron chi connectivity index (χ3n) is 1.89. The van der Waals surface area contributed by atoms with Crippen LogP contribution in [0.15, 0.2) is 26.6 Å². The van der Waals surface area contributed by atoms with Gasteiger partial charge in [-0.15, -0.1) is 11.3 Å². The summed E-state index contributed by atoms with van der Waals surface area (Å²) in [5.41, 5.74) is 1.10. The highest BCUT2D eigenvalue weighted by molar-refractivity contribution is 9.11. The van der Waals surface area contributed by atoms with Gasteiger partial charge in [0.1, 0.15) is 0 Å². The number of rotatable bonds is 2. The van der Waals surface area contributed by atoms with Crippen molar-refractivity contribution in [1.29, 1.82) is 0 Å². The van der Waals surface area contributed by atoms with Crippen molar-refractivity contribution in [1.82, 2.24) is 4.98 Å². The van der Waals surface area contributed by atoms with Crippen LogP contribution < -0.4 is 0 Å². The monoisotopic (exact) mass is 271 g/mol. The summed E-state index contributed by atoms with van der Waals surface area (Å²) in [5, 5.41) is 0.936. The molecule has 0 N–H and O–H groups in total. The molecule has 0 fully saturated rings. The summed E-state index contributed by atoms with van der Waals surface area (Å²) in [7, 11) is 0. The molecule has 0 saturated heterocycles. The predicted molar refractivity (Wildman–Crippen MR) is 61.6 cm³/mol. The minimum Gasteiger partial charge on any atom is -0.462 e. The molecule has 0 radical (unpaired) electrons. The van der Waals surface area contributed by atoms with E-state index in [-0.39, 0.29) is 0 Å². The first kappa shape index (κ1) is 9.93. The predicted octanol–water partition coefficient (Wildman–Crippen LogP) is 4.29. The fraction of sp³-hybridized carbons (Fsp3) is 0.300. The van der Waals surface area contributed by atoms with Crippen LogP contribution >= 0.6 is 27.3 Å². The second-order valence-electron chi connectivity index (χ2n) is 3.31. The first-order valence-corrected chi connectivity index (χ1v) is 5.99. The minimum absolute atomic E-state index is 0.435. The molecule has 74 valence electrons. The number of halogens is 1. The zero-order chi connectivity index (χ0) is 10.1. The van der Waals surface area contributed by atoms with E-state index in [0.717, 1.165) is 20.2 Å². The molecule has 2 rings (SSSR count). The Balaban J connectivity index is 2.43. The summed E-state index contributed by atoms with van der Waals surface area (Å²) in [5.74, 6) is 1.27. The summed E-state index contributed by atoms with van der Waals surface area (Å²) in [6.45, 7) is 4.26. The quantitative estimate of drug-likeness (QED) is 0.815. The van der Waals surface area contributed by atoms with Crippen LogP contribution in [0.4, 0.5) is 0 Å². The highest BCUT2D eigenvalue weighted by Gasteiger charge is 2.14. The fourth-order valence-electron chi connectivity index (χ4n) is 1.18. The zero-order valence-electron chi connectivity index (χ0n) is 7.95. The van der Waals surface area contributed by atoms with Crippen molar-refractivity contribution in [2.45, 2.75) is 19.8 Å². The van der Waals surface area contributed by atoms with E-state index in [2.05, 4.69) is 34.8 Å². The van der Waals surface area contributed by atoms with E-state index < -0.39 is 0 Å². The lowest BCUT2D eigenvalue weighted by atomic mass is 10.2. The van der Waals surface area contributed by atoms with Crippen LogP contribution in [-0.2, 0) is 0 Å². The van der Waals surface area contributed by atoms with Crippen LogP contribution in [0.3, 0.4) is 0 Å². The highest BCUT2D eigenvalue weighted by Crippen LogP contribution is 2.35. The molecule has 0 bridgehead atoms. The number of hydrogen-bond acceptors (Lipinski definition) is 3. The van der Waals surface area contributed by atoms with Gasteiger partial charge in [-0.2, -0.15) is 0 Å². The molecule has 0 aliphatic carbocycles. The van der Waals surface area contributed by atoms with Crippen LogP contribution in [0.1, 0.15) is 25.5 Å². The van der Waals surface area contributed by atoms with Gasteiger partial charge >= 0.3 is 0 Å². The Morgan fingerprint density at radius 2 is 2.29 bits per heavy atom. The molecule has 0 amide bonds. The molecule has 2 aromatic heterocycles. The summed E-state index contributed by atoms with van der Waals surface area (Å²) < 4.78 is 6.39. The maximum Gasteiger partial charge on any atom is 0.162 e. The first-order chi connectivity index (χ1) is 6.68. The molecule has 14 heavy (non-hydrogen) atoms. The molecule has 0 spiro atoms.